The van der Waals surface area contributed by atoms with Gasteiger partial charge in [-0.3, -0.25) is 4.40 Å². The van der Waals surface area contributed by atoms with Gasteiger partial charge in [-0.25, -0.2) is 14.8 Å². The summed E-state index contributed by atoms with van der Waals surface area (Å²) in [6.45, 7) is 0. The average Bonchev–Trinajstić information content (AvgIpc) is 2.58. The Hall–Kier alpha value is -2.12. The molecule has 0 aliphatic carbocycles. The molecule has 0 saturated heterocycles. The maximum Gasteiger partial charge on any atom is 0.433 e. The molecule has 84 valence electrons. The van der Waals surface area contributed by atoms with Gasteiger partial charge in [0.15, 0.2) is 11.3 Å². The summed E-state index contributed by atoms with van der Waals surface area (Å²) in [5.41, 5.74) is -1.57. The number of aromatic carboxylic acids is 1. The monoisotopic (exact) mass is 231 g/mol. The predicted molar refractivity (Wildman–Crippen MR) is 44.9 cm³/mol. The van der Waals surface area contributed by atoms with E-state index in [1.807, 2.05) is 0 Å². The highest BCUT2D eigenvalue weighted by atomic mass is 19.4. The van der Waals surface area contributed by atoms with E-state index in [0.29, 0.717) is 10.6 Å². The number of carboxylic acid groups (broad SMARTS) is 1. The molecule has 0 saturated carbocycles. The van der Waals surface area contributed by atoms with Crippen LogP contribution < -0.4 is 0 Å². The Bertz CT molecular complexity index is 561. The van der Waals surface area contributed by atoms with E-state index in [0.717, 1.165) is 12.4 Å². The zero-order valence-electron chi connectivity index (χ0n) is 7.56. The molecule has 2 heterocycles. The Morgan fingerprint density at radius 3 is 2.56 bits per heavy atom. The Morgan fingerprint density at radius 1 is 1.31 bits per heavy atom. The van der Waals surface area contributed by atoms with Gasteiger partial charge < -0.3 is 5.11 Å². The summed E-state index contributed by atoms with van der Waals surface area (Å²) < 4.78 is 38.0. The van der Waals surface area contributed by atoms with Crippen LogP contribution in [0, 0.1) is 0 Å². The fourth-order valence-electron chi connectivity index (χ4n) is 1.21. The second kappa shape index (κ2) is 3.19. The van der Waals surface area contributed by atoms with Crippen LogP contribution >= 0.6 is 0 Å². The summed E-state index contributed by atoms with van der Waals surface area (Å²) >= 11 is 0. The fraction of sp³-hybridized carbons (Fsp3) is 0.125. The van der Waals surface area contributed by atoms with Gasteiger partial charge in [0.1, 0.15) is 5.69 Å². The highest BCUT2D eigenvalue weighted by Gasteiger charge is 2.34. The van der Waals surface area contributed by atoms with Crippen LogP contribution in [0.2, 0.25) is 0 Å². The minimum Gasteiger partial charge on any atom is -0.476 e. The second-order valence-corrected chi connectivity index (χ2v) is 2.95. The Kier molecular flexibility index (Phi) is 2.07. The van der Waals surface area contributed by atoms with Gasteiger partial charge in [0.2, 0.25) is 0 Å². The quantitative estimate of drug-likeness (QED) is 0.806. The Morgan fingerprint density at radius 2 is 2.00 bits per heavy atom. The van der Waals surface area contributed by atoms with E-state index in [2.05, 4.69) is 9.97 Å². The first-order valence-corrected chi connectivity index (χ1v) is 4.03. The lowest BCUT2D eigenvalue weighted by Crippen LogP contribution is -2.10. The van der Waals surface area contributed by atoms with Gasteiger partial charge in [-0.2, -0.15) is 13.2 Å². The van der Waals surface area contributed by atoms with Crippen LogP contribution in [0.5, 0.6) is 0 Å². The molecule has 0 amide bonds. The van der Waals surface area contributed by atoms with Gasteiger partial charge in [0.05, 0.1) is 12.4 Å². The summed E-state index contributed by atoms with van der Waals surface area (Å²) in [4.78, 5) is 17.5. The molecule has 0 aromatic carbocycles. The lowest BCUT2D eigenvalue weighted by molar-refractivity contribution is -0.141. The summed E-state index contributed by atoms with van der Waals surface area (Å²) in [5.74, 6) is -1.40. The molecule has 0 fully saturated rings. The topological polar surface area (TPSA) is 67.5 Å². The minimum atomic E-state index is -4.59. The number of carboxylic acids is 1. The second-order valence-electron chi connectivity index (χ2n) is 2.95. The molecule has 0 atom stereocenters. The van der Waals surface area contributed by atoms with Gasteiger partial charge in [0.25, 0.3) is 0 Å². The van der Waals surface area contributed by atoms with Crippen LogP contribution in [0.25, 0.3) is 5.65 Å². The third-order valence-electron chi connectivity index (χ3n) is 1.91. The zero-order valence-corrected chi connectivity index (χ0v) is 7.56. The molecule has 0 spiro atoms. The largest absolute Gasteiger partial charge is 0.476 e. The number of halogens is 3. The van der Waals surface area contributed by atoms with Crippen molar-refractivity contribution < 1.29 is 23.1 Å². The molecule has 0 bridgehead atoms. The van der Waals surface area contributed by atoms with E-state index in [4.69, 9.17) is 5.11 Å². The lowest BCUT2D eigenvalue weighted by Gasteiger charge is -2.05. The number of alkyl halides is 3. The molecule has 2 aromatic rings. The van der Waals surface area contributed by atoms with Crippen molar-refractivity contribution in [3.05, 3.63) is 30.0 Å². The number of hydrogen-bond acceptors (Lipinski definition) is 3. The van der Waals surface area contributed by atoms with Crippen molar-refractivity contribution in [1.29, 1.82) is 0 Å². The van der Waals surface area contributed by atoms with Gasteiger partial charge in [-0.1, -0.05) is 0 Å². The number of rotatable bonds is 1. The predicted octanol–water partition coefficient (Wildman–Crippen LogP) is 1.45. The number of aromatic nitrogens is 3. The molecule has 1 N–H and O–H groups in total. The summed E-state index contributed by atoms with van der Waals surface area (Å²) in [5, 5.41) is 8.60. The molecule has 0 aliphatic heterocycles. The normalized spacial score (nSPS) is 11.9. The van der Waals surface area contributed by atoms with E-state index in [9.17, 15) is 18.0 Å². The van der Waals surface area contributed by atoms with E-state index in [-0.39, 0.29) is 5.65 Å². The molecular formula is C8H4F3N3O2. The van der Waals surface area contributed by atoms with Crippen molar-refractivity contribution in [3.8, 4) is 0 Å². The molecule has 0 aliphatic rings. The van der Waals surface area contributed by atoms with Crippen LogP contribution in [-0.2, 0) is 6.18 Å². The molecule has 0 unspecified atom stereocenters. The molecule has 2 rings (SSSR count). The molecule has 2 aromatic heterocycles. The Labute approximate surface area is 86.2 Å². The smallest absolute Gasteiger partial charge is 0.433 e. The van der Waals surface area contributed by atoms with Crippen LogP contribution in [0.1, 0.15) is 16.2 Å². The lowest BCUT2D eigenvalue weighted by atomic mass is 10.4. The van der Waals surface area contributed by atoms with Crippen molar-refractivity contribution in [2.24, 2.45) is 0 Å². The van der Waals surface area contributed by atoms with Crippen LogP contribution in [0.3, 0.4) is 0 Å². The van der Waals surface area contributed by atoms with Crippen molar-refractivity contribution in [1.82, 2.24) is 14.4 Å². The molecule has 8 heteroatoms. The van der Waals surface area contributed by atoms with E-state index >= 15 is 0 Å². The fourth-order valence-corrected chi connectivity index (χ4v) is 1.21. The van der Waals surface area contributed by atoms with Gasteiger partial charge in [0, 0.05) is 6.20 Å². The van der Waals surface area contributed by atoms with Gasteiger partial charge >= 0.3 is 12.1 Å². The van der Waals surface area contributed by atoms with E-state index < -0.39 is 23.5 Å². The number of nitrogens with zero attached hydrogens (tertiary/aromatic N) is 3. The van der Waals surface area contributed by atoms with Crippen LogP contribution in [0.15, 0.2) is 18.6 Å². The maximum absolute atomic E-state index is 12.5. The van der Waals surface area contributed by atoms with Crippen molar-refractivity contribution in [2.75, 3.05) is 0 Å². The van der Waals surface area contributed by atoms with Crippen molar-refractivity contribution >= 4 is 11.6 Å². The summed E-state index contributed by atoms with van der Waals surface area (Å²) in [6.07, 6.45) is -2.20. The third kappa shape index (κ3) is 1.58. The van der Waals surface area contributed by atoms with Crippen LogP contribution in [0.4, 0.5) is 13.2 Å². The Balaban J connectivity index is 2.70. The highest BCUT2D eigenvalue weighted by molar-refractivity contribution is 5.85. The van der Waals surface area contributed by atoms with Gasteiger partial charge in [-0.15, -0.1) is 0 Å². The molecular weight excluding hydrogens is 227 g/mol. The SMILES string of the molecule is O=C(O)c1cn2c(C(F)(F)F)cnc2cn1. The molecule has 5 nitrogen and oxygen atoms in total. The van der Waals surface area contributed by atoms with Crippen molar-refractivity contribution in [3.63, 3.8) is 0 Å². The first kappa shape index (κ1) is 10.4. The number of carbonyl (C=O) groups is 1. The molecule has 0 radical (unpaired) electrons. The zero-order chi connectivity index (χ0) is 11.9. The summed E-state index contributed by atoms with van der Waals surface area (Å²) in [7, 11) is 0. The summed E-state index contributed by atoms with van der Waals surface area (Å²) in [6, 6.07) is 0. The van der Waals surface area contributed by atoms with E-state index in [1.165, 1.54) is 0 Å². The maximum atomic E-state index is 12.5. The van der Waals surface area contributed by atoms with Crippen LogP contribution in [-0.4, -0.2) is 25.4 Å². The van der Waals surface area contributed by atoms with Gasteiger partial charge in [-0.05, 0) is 0 Å². The minimum absolute atomic E-state index is 0.0580. The standard InChI is InChI=1S/C8H4F3N3O2/c9-8(10,11)5-1-13-6-2-12-4(7(15)16)3-14(5)6/h1-3H,(H,15,16). The third-order valence-corrected chi connectivity index (χ3v) is 1.91. The van der Waals surface area contributed by atoms with E-state index in [1.54, 1.807) is 0 Å². The molecule has 16 heavy (non-hydrogen) atoms. The first-order chi connectivity index (χ1) is 7.39. The first-order valence-electron chi connectivity index (χ1n) is 4.03. The number of imidazole rings is 1. The number of fused-ring (bicyclic) bond motifs is 1. The number of hydrogen-bond donors (Lipinski definition) is 1. The average molecular weight is 231 g/mol. The highest BCUT2D eigenvalue weighted by Crippen LogP contribution is 2.29. The van der Waals surface area contributed by atoms with Crippen molar-refractivity contribution in [2.45, 2.75) is 6.18 Å².